The zero-order valence-electron chi connectivity index (χ0n) is 9.95. The van der Waals surface area contributed by atoms with Crippen molar-refractivity contribution in [3.8, 4) is 0 Å². The van der Waals surface area contributed by atoms with E-state index in [4.69, 9.17) is 17.3 Å². The van der Waals surface area contributed by atoms with Gasteiger partial charge >= 0.3 is 0 Å². The van der Waals surface area contributed by atoms with Crippen molar-refractivity contribution in [1.29, 1.82) is 0 Å². The van der Waals surface area contributed by atoms with E-state index in [1.807, 2.05) is 11.8 Å². The fourth-order valence-electron chi connectivity index (χ4n) is 2.21. The van der Waals surface area contributed by atoms with E-state index in [9.17, 15) is 0 Å². The van der Waals surface area contributed by atoms with E-state index in [0.717, 1.165) is 11.1 Å². The Balaban J connectivity index is 1.93. The molecule has 5 heteroatoms. The van der Waals surface area contributed by atoms with Gasteiger partial charge in [-0.25, -0.2) is 4.98 Å². The summed E-state index contributed by atoms with van der Waals surface area (Å²) in [7, 11) is 0. The number of halogens is 1. The monoisotopic (exact) mass is 271 g/mol. The zero-order chi connectivity index (χ0) is 12.3. The maximum Gasteiger partial charge on any atom is 0.145 e. The summed E-state index contributed by atoms with van der Waals surface area (Å²) in [6.07, 6.45) is 5.31. The summed E-state index contributed by atoms with van der Waals surface area (Å²) in [5.74, 6) is 1.95. The third-order valence-corrected chi connectivity index (χ3v) is 4.51. The third-order valence-electron chi connectivity index (χ3n) is 2.99. The molecule has 1 saturated carbocycles. The molecule has 1 aromatic rings. The Bertz CT molecular complexity index is 386. The molecule has 0 saturated heterocycles. The molecule has 1 aliphatic rings. The number of pyridine rings is 1. The van der Waals surface area contributed by atoms with Gasteiger partial charge in [0.15, 0.2) is 0 Å². The van der Waals surface area contributed by atoms with Crippen LogP contribution in [0.5, 0.6) is 0 Å². The van der Waals surface area contributed by atoms with E-state index in [1.165, 1.54) is 25.0 Å². The molecule has 94 valence electrons. The lowest BCUT2D eigenvalue weighted by atomic mass is 10.2. The number of nitrogens with zero attached hydrogens (tertiary/aromatic N) is 1. The van der Waals surface area contributed by atoms with Gasteiger partial charge in [-0.05, 0) is 31.1 Å². The first-order valence-corrected chi connectivity index (χ1v) is 7.41. The molecule has 2 atom stereocenters. The van der Waals surface area contributed by atoms with Gasteiger partial charge in [0.25, 0.3) is 0 Å². The lowest BCUT2D eigenvalue weighted by Crippen LogP contribution is -2.17. The Morgan fingerprint density at radius 2 is 2.41 bits per heavy atom. The van der Waals surface area contributed by atoms with E-state index in [0.29, 0.717) is 16.8 Å². The highest BCUT2D eigenvalue weighted by Crippen LogP contribution is 2.32. The summed E-state index contributed by atoms with van der Waals surface area (Å²) in [5, 5.41) is 4.80. The number of hydrogen-bond donors (Lipinski definition) is 2. The lowest BCUT2D eigenvalue weighted by Gasteiger charge is -2.14. The van der Waals surface area contributed by atoms with E-state index in [-0.39, 0.29) is 0 Å². The van der Waals surface area contributed by atoms with Crippen LogP contribution in [0, 0.1) is 0 Å². The summed E-state index contributed by atoms with van der Waals surface area (Å²) in [6.45, 7) is 2.21. The van der Waals surface area contributed by atoms with Crippen LogP contribution < -0.4 is 11.1 Å². The van der Waals surface area contributed by atoms with Crippen molar-refractivity contribution in [3.05, 3.63) is 17.3 Å². The van der Waals surface area contributed by atoms with Crippen LogP contribution in [0.3, 0.4) is 0 Å². The molecule has 1 fully saturated rings. The van der Waals surface area contributed by atoms with Crippen molar-refractivity contribution in [2.45, 2.75) is 37.5 Å². The molecule has 0 aliphatic heterocycles. The molecule has 0 amide bonds. The van der Waals surface area contributed by atoms with Crippen molar-refractivity contribution in [2.24, 2.45) is 0 Å². The molecular weight excluding hydrogens is 254 g/mol. The second-order valence-corrected chi connectivity index (χ2v) is 6.32. The Kier molecular flexibility index (Phi) is 4.40. The quantitative estimate of drug-likeness (QED) is 0.881. The number of aromatic nitrogens is 1. The first-order chi connectivity index (χ1) is 8.19. The minimum Gasteiger partial charge on any atom is -0.397 e. The highest BCUT2D eigenvalue weighted by atomic mass is 35.5. The van der Waals surface area contributed by atoms with E-state index in [2.05, 4.69) is 17.2 Å². The van der Waals surface area contributed by atoms with Gasteiger partial charge in [0, 0.05) is 11.3 Å². The minimum atomic E-state index is 0.493. The summed E-state index contributed by atoms with van der Waals surface area (Å²) in [6, 6.07) is 2.23. The molecule has 3 nitrogen and oxygen atoms in total. The summed E-state index contributed by atoms with van der Waals surface area (Å²) < 4.78 is 0. The van der Waals surface area contributed by atoms with Crippen LogP contribution in [-0.4, -0.2) is 22.0 Å². The van der Waals surface area contributed by atoms with Crippen molar-refractivity contribution < 1.29 is 0 Å². The van der Waals surface area contributed by atoms with Crippen LogP contribution in [0.15, 0.2) is 12.3 Å². The number of anilines is 2. The fourth-order valence-corrected chi connectivity index (χ4v) is 3.58. The van der Waals surface area contributed by atoms with Gasteiger partial charge in [-0.1, -0.05) is 18.5 Å². The van der Waals surface area contributed by atoms with Crippen LogP contribution in [-0.2, 0) is 0 Å². The van der Waals surface area contributed by atoms with E-state index in [1.54, 1.807) is 12.3 Å². The first-order valence-electron chi connectivity index (χ1n) is 5.98. The van der Waals surface area contributed by atoms with Gasteiger partial charge in [-0.3, -0.25) is 0 Å². The summed E-state index contributed by atoms with van der Waals surface area (Å²) in [5.41, 5.74) is 6.22. The number of hydrogen-bond acceptors (Lipinski definition) is 4. The molecule has 2 unspecified atom stereocenters. The number of nitrogen functional groups attached to an aromatic ring is 1. The molecule has 3 N–H and O–H groups in total. The molecule has 0 radical (unpaired) electrons. The number of nitrogens with two attached hydrogens (primary N) is 1. The maximum absolute atomic E-state index is 6.10. The van der Waals surface area contributed by atoms with Crippen LogP contribution in [0.4, 0.5) is 11.5 Å². The van der Waals surface area contributed by atoms with Gasteiger partial charge in [-0.15, -0.1) is 0 Å². The third kappa shape index (κ3) is 3.42. The van der Waals surface area contributed by atoms with E-state index < -0.39 is 0 Å². The fraction of sp³-hybridized carbons (Fsp3) is 0.583. The molecule has 17 heavy (non-hydrogen) atoms. The number of rotatable bonds is 4. The van der Waals surface area contributed by atoms with Crippen molar-refractivity contribution in [2.75, 3.05) is 16.8 Å². The van der Waals surface area contributed by atoms with Gasteiger partial charge in [0.2, 0.25) is 0 Å². The highest BCUT2D eigenvalue weighted by molar-refractivity contribution is 7.99. The van der Waals surface area contributed by atoms with Crippen LogP contribution in [0.2, 0.25) is 5.02 Å². The minimum absolute atomic E-state index is 0.493. The van der Waals surface area contributed by atoms with Gasteiger partial charge in [0.05, 0.1) is 16.9 Å². The predicted molar refractivity (Wildman–Crippen MR) is 76.8 cm³/mol. The summed E-state index contributed by atoms with van der Waals surface area (Å²) in [4.78, 5) is 4.24. The van der Waals surface area contributed by atoms with Gasteiger partial charge in [0.1, 0.15) is 5.82 Å². The molecule has 2 rings (SSSR count). The summed E-state index contributed by atoms with van der Waals surface area (Å²) >= 11 is 8.14. The highest BCUT2D eigenvalue weighted by Gasteiger charge is 2.25. The van der Waals surface area contributed by atoms with Crippen LogP contribution in [0.1, 0.15) is 26.2 Å². The standard InChI is InChI=1S/C12H18ClN3S/c1-2-17-10-4-3-9(6-10)16-12-11(13)5-8(14)7-15-12/h5,7,9-10H,2-4,6,14H2,1H3,(H,15,16). The van der Waals surface area contributed by atoms with Gasteiger partial charge < -0.3 is 11.1 Å². The smallest absolute Gasteiger partial charge is 0.145 e. The molecule has 1 aromatic heterocycles. The van der Waals surface area contributed by atoms with Crippen LogP contribution in [0.25, 0.3) is 0 Å². The zero-order valence-corrected chi connectivity index (χ0v) is 11.5. The van der Waals surface area contributed by atoms with Crippen LogP contribution >= 0.6 is 23.4 Å². The number of nitrogens with one attached hydrogen (secondary N) is 1. The lowest BCUT2D eigenvalue weighted by molar-refractivity contribution is 0.752. The Morgan fingerprint density at radius 3 is 3.12 bits per heavy atom. The van der Waals surface area contributed by atoms with Gasteiger partial charge in [-0.2, -0.15) is 11.8 Å². The average molecular weight is 272 g/mol. The van der Waals surface area contributed by atoms with Crippen molar-refractivity contribution in [3.63, 3.8) is 0 Å². The molecular formula is C12H18ClN3S. The predicted octanol–water partition coefficient (Wildman–Crippen LogP) is 3.40. The maximum atomic E-state index is 6.10. The van der Waals surface area contributed by atoms with Crippen molar-refractivity contribution >= 4 is 34.9 Å². The van der Waals surface area contributed by atoms with Crippen molar-refractivity contribution in [1.82, 2.24) is 4.98 Å². The normalized spacial score (nSPS) is 23.9. The first kappa shape index (κ1) is 12.8. The largest absolute Gasteiger partial charge is 0.397 e. The molecule has 0 aromatic carbocycles. The average Bonchev–Trinajstić information content (AvgIpc) is 2.71. The second-order valence-electron chi connectivity index (χ2n) is 4.33. The Morgan fingerprint density at radius 1 is 1.59 bits per heavy atom. The number of thioether (sulfide) groups is 1. The second kappa shape index (κ2) is 5.83. The molecule has 1 heterocycles. The molecule has 1 aliphatic carbocycles. The topological polar surface area (TPSA) is 50.9 Å². The SMILES string of the molecule is CCSC1CCC(Nc2ncc(N)cc2Cl)C1. The molecule has 0 bridgehead atoms. The Labute approximate surface area is 112 Å². The Hall–Kier alpha value is -0.610. The van der Waals surface area contributed by atoms with E-state index >= 15 is 0 Å². The molecule has 0 spiro atoms.